The lowest BCUT2D eigenvalue weighted by Gasteiger charge is -2.31. The van der Waals surface area contributed by atoms with E-state index < -0.39 is 11.6 Å². The van der Waals surface area contributed by atoms with Gasteiger partial charge in [-0.15, -0.1) is 0 Å². The Bertz CT molecular complexity index is 434. The molecular weight excluding hydrogens is 256 g/mol. The lowest BCUT2D eigenvalue weighted by Crippen LogP contribution is -2.37. The van der Waals surface area contributed by atoms with Crippen LogP contribution in [0.4, 0.5) is 8.78 Å². The van der Waals surface area contributed by atoms with E-state index in [0.29, 0.717) is 11.8 Å². The first-order valence-electron chi connectivity index (χ1n) is 7.55. The van der Waals surface area contributed by atoms with Crippen LogP contribution >= 0.6 is 0 Å². The van der Waals surface area contributed by atoms with Gasteiger partial charge in [0.25, 0.3) is 0 Å². The molecule has 0 radical (unpaired) electrons. The highest BCUT2D eigenvalue weighted by molar-refractivity contribution is 5.20. The van der Waals surface area contributed by atoms with Crippen LogP contribution in [0, 0.1) is 28.9 Å². The average molecular weight is 281 g/mol. The van der Waals surface area contributed by atoms with E-state index in [4.69, 9.17) is 0 Å². The first-order chi connectivity index (χ1) is 9.39. The molecule has 1 aromatic rings. The molecule has 3 heteroatoms. The van der Waals surface area contributed by atoms with E-state index in [1.165, 1.54) is 25.0 Å². The minimum atomic E-state index is -0.478. The molecule has 0 heterocycles. The van der Waals surface area contributed by atoms with Crippen LogP contribution < -0.4 is 5.32 Å². The van der Waals surface area contributed by atoms with Gasteiger partial charge in [-0.3, -0.25) is 0 Å². The summed E-state index contributed by atoms with van der Waals surface area (Å²) in [7, 11) is 0. The highest BCUT2D eigenvalue weighted by atomic mass is 19.1. The van der Waals surface area contributed by atoms with Gasteiger partial charge in [-0.25, -0.2) is 8.78 Å². The number of halogens is 2. The predicted octanol–water partition coefficient (Wildman–Crippen LogP) is 4.17. The van der Waals surface area contributed by atoms with Gasteiger partial charge >= 0.3 is 0 Å². The Hall–Kier alpha value is -0.960. The molecule has 0 aliphatic heterocycles. The molecule has 1 aromatic carbocycles. The third-order valence-electron chi connectivity index (χ3n) is 4.17. The van der Waals surface area contributed by atoms with Crippen LogP contribution in [0.5, 0.6) is 0 Å². The molecular formula is C17H25F2N. The molecule has 1 fully saturated rings. The Morgan fingerprint density at radius 3 is 2.30 bits per heavy atom. The van der Waals surface area contributed by atoms with Crippen molar-refractivity contribution in [3.8, 4) is 0 Å². The maximum absolute atomic E-state index is 13.3. The summed E-state index contributed by atoms with van der Waals surface area (Å²) in [6.45, 7) is 8.50. The zero-order chi connectivity index (χ0) is 14.8. The topological polar surface area (TPSA) is 12.0 Å². The van der Waals surface area contributed by atoms with Gasteiger partial charge in [0, 0.05) is 12.6 Å². The van der Waals surface area contributed by atoms with E-state index in [9.17, 15) is 8.78 Å². The van der Waals surface area contributed by atoms with Crippen LogP contribution in [-0.2, 0) is 6.42 Å². The molecule has 1 atom stereocenters. The van der Waals surface area contributed by atoms with Gasteiger partial charge in [-0.2, -0.15) is 0 Å². The number of benzene rings is 1. The summed E-state index contributed by atoms with van der Waals surface area (Å²) in [5.41, 5.74) is 0.859. The fourth-order valence-electron chi connectivity index (χ4n) is 2.96. The second-order valence-corrected chi connectivity index (χ2v) is 6.91. The average Bonchev–Trinajstić information content (AvgIpc) is 3.10. The van der Waals surface area contributed by atoms with Crippen molar-refractivity contribution in [1.29, 1.82) is 0 Å². The third-order valence-corrected chi connectivity index (χ3v) is 4.17. The summed E-state index contributed by atoms with van der Waals surface area (Å²) in [5.74, 6) is 0.333. The molecule has 2 rings (SSSR count). The summed E-state index contributed by atoms with van der Waals surface area (Å²) in [4.78, 5) is 0. The second kappa shape index (κ2) is 6.21. The van der Waals surface area contributed by atoms with Crippen molar-refractivity contribution in [3.05, 3.63) is 35.4 Å². The normalized spacial score (nSPS) is 18.3. The smallest absolute Gasteiger partial charge is 0.126 e. The van der Waals surface area contributed by atoms with Crippen LogP contribution in [-0.4, -0.2) is 13.1 Å². The van der Waals surface area contributed by atoms with E-state index in [0.717, 1.165) is 31.1 Å². The Labute approximate surface area is 120 Å². The van der Waals surface area contributed by atoms with Crippen molar-refractivity contribution in [2.24, 2.45) is 17.3 Å². The minimum absolute atomic E-state index is 0.0924. The number of nitrogens with one attached hydrogen (secondary N) is 1. The lowest BCUT2D eigenvalue weighted by molar-refractivity contribution is 0.251. The summed E-state index contributed by atoms with van der Waals surface area (Å²) >= 11 is 0. The number of hydrogen-bond donors (Lipinski definition) is 1. The molecule has 1 saturated carbocycles. The van der Waals surface area contributed by atoms with E-state index in [-0.39, 0.29) is 5.41 Å². The summed E-state index contributed by atoms with van der Waals surface area (Å²) in [6.07, 6.45) is 3.20. The maximum Gasteiger partial charge on any atom is 0.126 e. The molecule has 0 amide bonds. The van der Waals surface area contributed by atoms with Gasteiger partial charge in [0.2, 0.25) is 0 Å². The minimum Gasteiger partial charge on any atom is -0.316 e. The van der Waals surface area contributed by atoms with E-state index in [1.807, 2.05) is 0 Å². The molecule has 112 valence electrons. The summed E-state index contributed by atoms with van der Waals surface area (Å²) in [6, 6.07) is 3.87. The van der Waals surface area contributed by atoms with Crippen LogP contribution in [0.3, 0.4) is 0 Å². The van der Waals surface area contributed by atoms with Gasteiger partial charge in [0.1, 0.15) is 11.6 Å². The van der Waals surface area contributed by atoms with Crippen LogP contribution in [0.25, 0.3) is 0 Å². The molecule has 20 heavy (non-hydrogen) atoms. The predicted molar refractivity (Wildman–Crippen MR) is 78.6 cm³/mol. The highest BCUT2D eigenvalue weighted by Gasteiger charge is 2.41. The molecule has 0 aromatic heterocycles. The second-order valence-electron chi connectivity index (χ2n) is 6.91. The Balaban J connectivity index is 2.04. The molecule has 0 saturated heterocycles. The third kappa shape index (κ3) is 4.27. The zero-order valence-electron chi connectivity index (χ0n) is 12.7. The Morgan fingerprint density at radius 2 is 1.80 bits per heavy atom. The molecule has 1 nitrogen and oxygen atoms in total. The molecule has 1 aliphatic carbocycles. The molecule has 1 N–H and O–H groups in total. The van der Waals surface area contributed by atoms with Crippen LogP contribution in [0.15, 0.2) is 18.2 Å². The lowest BCUT2D eigenvalue weighted by atomic mass is 9.78. The van der Waals surface area contributed by atoms with Gasteiger partial charge < -0.3 is 5.32 Å². The van der Waals surface area contributed by atoms with Crippen LogP contribution in [0.1, 0.15) is 39.2 Å². The molecule has 0 bridgehead atoms. The van der Waals surface area contributed by atoms with Crippen molar-refractivity contribution in [3.63, 3.8) is 0 Å². The van der Waals surface area contributed by atoms with Crippen molar-refractivity contribution >= 4 is 0 Å². The van der Waals surface area contributed by atoms with Gasteiger partial charge in [-0.1, -0.05) is 20.8 Å². The molecule has 0 spiro atoms. The molecule has 1 unspecified atom stereocenters. The quantitative estimate of drug-likeness (QED) is 0.791. The van der Waals surface area contributed by atoms with Gasteiger partial charge in [0.05, 0.1) is 0 Å². The first-order valence-corrected chi connectivity index (χ1v) is 7.55. The number of rotatable bonds is 7. The number of hydrogen-bond acceptors (Lipinski definition) is 1. The SMILES string of the molecule is CC(C)CNCC(C)(Cc1cc(F)cc(F)c1)C1CC1. The monoisotopic (exact) mass is 281 g/mol. The summed E-state index contributed by atoms with van der Waals surface area (Å²) < 4.78 is 26.6. The van der Waals surface area contributed by atoms with Crippen molar-refractivity contribution in [2.75, 3.05) is 13.1 Å². The van der Waals surface area contributed by atoms with Gasteiger partial charge in [-0.05, 0) is 60.8 Å². The van der Waals surface area contributed by atoms with Crippen molar-refractivity contribution in [1.82, 2.24) is 5.32 Å². The zero-order valence-corrected chi connectivity index (χ0v) is 12.7. The largest absolute Gasteiger partial charge is 0.316 e. The van der Waals surface area contributed by atoms with Crippen molar-refractivity contribution in [2.45, 2.75) is 40.0 Å². The van der Waals surface area contributed by atoms with Crippen LogP contribution in [0.2, 0.25) is 0 Å². The van der Waals surface area contributed by atoms with Gasteiger partial charge in [0.15, 0.2) is 0 Å². The maximum atomic E-state index is 13.3. The standard InChI is InChI=1S/C17H25F2N/c1-12(2)10-20-11-17(3,14-4-5-14)9-13-6-15(18)8-16(19)7-13/h6-8,12,14,20H,4-5,9-11H2,1-3H3. The fourth-order valence-corrected chi connectivity index (χ4v) is 2.96. The Kier molecular flexibility index (Phi) is 4.79. The Morgan fingerprint density at radius 1 is 1.20 bits per heavy atom. The van der Waals surface area contributed by atoms with E-state index >= 15 is 0 Å². The first kappa shape index (κ1) is 15.4. The molecule has 1 aliphatic rings. The van der Waals surface area contributed by atoms with Crippen molar-refractivity contribution < 1.29 is 8.78 Å². The highest BCUT2D eigenvalue weighted by Crippen LogP contribution is 2.47. The van der Waals surface area contributed by atoms with E-state index in [1.54, 1.807) is 0 Å². The van der Waals surface area contributed by atoms with E-state index in [2.05, 4.69) is 26.1 Å². The summed E-state index contributed by atoms with van der Waals surface area (Å²) in [5, 5.41) is 3.51. The fraction of sp³-hybridized carbons (Fsp3) is 0.647.